The van der Waals surface area contributed by atoms with Crippen molar-refractivity contribution in [3.63, 3.8) is 0 Å². The Bertz CT molecular complexity index is 175. The predicted octanol–water partition coefficient (Wildman–Crippen LogP) is 0.810. The van der Waals surface area contributed by atoms with Gasteiger partial charge in [-0.2, -0.15) is 0 Å². The van der Waals surface area contributed by atoms with E-state index in [4.69, 9.17) is 5.53 Å². The molecule has 0 amide bonds. The molecular weight excluding hydrogens is 150 g/mol. The molecule has 0 radical (unpaired) electrons. The smallest absolute Gasteiger partial charge is 0.160 e. The molecule has 0 heterocycles. The third-order valence-corrected chi connectivity index (χ3v) is 1.12. The lowest BCUT2D eigenvalue weighted by molar-refractivity contribution is -0.654. The lowest BCUT2D eigenvalue weighted by atomic mass is 10.6. The van der Waals surface area contributed by atoms with Crippen molar-refractivity contribution in [3.05, 3.63) is 20.6 Å². The first-order valence-corrected chi connectivity index (χ1v) is 3.12. The van der Waals surface area contributed by atoms with Gasteiger partial charge in [-0.05, 0) is 12.5 Å². The average Bonchev–Trinajstić information content (AvgIpc) is 1.97. The van der Waals surface area contributed by atoms with Gasteiger partial charge in [0.15, 0.2) is 5.03 Å². The highest BCUT2D eigenvalue weighted by molar-refractivity contribution is 4.48. The molecule has 0 saturated carbocycles. The van der Waals surface area contributed by atoms with Gasteiger partial charge in [-0.15, -0.1) is 5.01 Å². The molecular formula is C4H9N5O2. The van der Waals surface area contributed by atoms with Crippen LogP contribution in [0.2, 0.25) is 0 Å². The molecule has 0 aliphatic rings. The normalized spacial score (nSPS) is 8.45. The molecule has 0 spiro atoms. The van der Waals surface area contributed by atoms with Crippen molar-refractivity contribution in [2.75, 3.05) is 19.6 Å². The van der Waals surface area contributed by atoms with Crippen LogP contribution in [0, 0.1) is 10.1 Å². The molecule has 0 aliphatic carbocycles. The summed E-state index contributed by atoms with van der Waals surface area (Å²) in [5.41, 5.74) is 7.86. The summed E-state index contributed by atoms with van der Waals surface area (Å²) in [5.74, 6) is 0. The van der Waals surface area contributed by atoms with Gasteiger partial charge >= 0.3 is 0 Å². The number of rotatable bonds is 5. The third-order valence-electron chi connectivity index (χ3n) is 1.12. The van der Waals surface area contributed by atoms with Crippen LogP contribution >= 0.6 is 0 Å². The number of hydrazine groups is 1. The fraction of sp³-hybridized carbons (Fsp3) is 1.00. The summed E-state index contributed by atoms with van der Waals surface area (Å²) < 4.78 is 0. The summed E-state index contributed by atoms with van der Waals surface area (Å²) in [7, 11) is 0. The largest absolute Gasteiger partial charge is 0.235 e. The topological polar surface area (TPSA) is 95.1 Å². The van der Waals surface area contributed by atoms with Crippen LogP contribution in [0.15, 0.2) is 5.11 Å². The first kappa shape index (κ1) is 9.51. The van der Waals surface area contributed by atoms with E-state index in [9.17, 15) is 10.1 Å². The molecule has 0 atom stereocenters. The van der Waals surface area contributed by atoms with Gasteiger partial charge in [-0.3, -0.25) is 0 Å². The highest BCUT2D eigenvalue weighted by atomic mass is 16.7. The fourth-order valence-electron chi connectivity index (χ4n) is 0.560. The maximum atomic E-state index is 10.1. The van der Waals surface area contributed by atoms with Gasteiger partial charge in [0, 0.05) is 11.5 Å². The Morgan fingerprint density at radius 2 is 2.45 bits per heavy atom. The maximum absolute atomic E-state index is 10.1. The first-order valence-electron chi connectivity index (χ1n) is 3.12. The van der Waals surface area contributed by atoms with Crippen LogP contribution in [0.4, 0.5) is 0 Å². The van der Waals surface area contributed by atoms with Crippen LogP contribution in [0.3, 0.4) is 0 Å². The molecule has 0 N–H and O–H groups in total. The zero-order valence-electron chi connectivity index (χ0n) is 6.17. The minimum atomic E-state index is -0.507. The van der Waals surface area contributed by atoms with Crippen LogP contribution in [0.1, 0.15) is 6.92 Å². The van der Waals surface area contributed by atoms with Gasteiger partial charge < -0.3 is 0 Å². The number of azide groups is 1. The van der Waals surface area contributed by atoms with Gasteiger partial charge in [0.2, 0.25) is 0 Å². The van der Waals surface area contributed by atoms with E-state index in [0.29, 0.717) is 6.54 Å². The Morgan fingerprint density at radius 3 is 2.82 bits per heavy atom. The van der Waals surface area contributed by atoms with E-state index in [1.165, 1.54) is 0 Å². The Kier molecular flexibility index (Phi) is 4.59. The molecule has 62 valence electrons. The molecule has 0 aromatic heterocycles. The van der Waals surface area contributed by atoms with Gasteiger partial charge in [-0.25, -0.2) is 10.1 Å². The minimum Gasteiger partial charge on any atom is -0.235 e. The molecule has 0 saturated heterocycles. The molecule has 0 aliphatic heterocycles. The summed E-state index contributed by atoms with van der Waals surface area (Å²) in [5, 5.41) is 13.8. The number of likely N-dealkylation sites (N-methyl/N-ethyl adjacent to an activating group) is 1. The van der Waals surface area contributed by atoms with E-state index >= 15 is 0 Å². The SMILES string of the molecule is CCN(CCN=[N+]=[N-])[N+](=O)[O-]. The second kappa shape index (κ2) is 5.31. The van der Waals surface area contributed by atoms with E-state index in [0.717, 1.165) is 5.01 Å². The van der Waals surface area contributed by atoms with Gasteiger partial charge in [0.1, 0.15) is 0 Å². The van der Waals surface area contributed by atoms with Crippen LogP contribution in [-0.2, 0) is 0 Å². The quantitative estimate of drug-likeness (QED) is 0.195. The van der Waals surface area contributed by atoms with Crippen LogP contribution < -0.4 is 0 Å². The van der Waals surface area contributed by atoms with Crippen molar-refractivity contribution in [2.45, 2.75) is 6.92 Å². The van der Waals surface area contributed by atoms with Crippen LogP contribution in [-0.4, -0.2) is 29.7 Å². The lowest BCUT2D eigenvalue weighted by Crippen LogP contribution is -2.31. The highest BCUT2D eigenvalue weighted by Crippen LogP contribution is 1.87. The summed E-state index contributed by atoms with van der Waals surface area (Å²) in [6.45, 7) is 2.27. The summed E-state index contributed by atoms with van der Waals surface area (Å²) in [6.07, 6.45) is 0. The van der Waals surface area contributed by atoms with E-state index in [2.05, 4.69) is 10.0 Å². The monoisotopic (exact) mass is 159 g/mol. The molecule has 0 bridgehead atoms. The van der Waals surface area contributed by atoms with Crippen molar-refractivity contribution in [1.29, 1.82) is 0 Å². The van der Waals surface area contributed by atoms with Crippen molar-refractivity contribution in [2.24, 2.45) is 5.11 Å². The molecule has 11 heavy (non-hydrogen) atoms. The van der Waals surface area contributed by atoms with Crippen molar-refractivity contribution < 1.29 is 5.03 Å². The molecule has 0 unspecified atom stereocenters. The Hall–Kier alpha value is -1.49. The molecule has 0 aromatic rings. The number of hydrogen-bond acceptors (Lipinski definition) is 3. The number of hydrogen-bond donors (Lipinski definition) is 0. The standard InChI is InChI=1S/C4H9N5O2/c1-2-8(9(10)11)4-3-6-7-5/h2-4H2,1H3. The molecule has 0 fully saturated rings. The van der Waals surface area contributed by atoms with Crippen molar-refractivity contribution in [3.8, 4) is 0 Å². The minimum absolute atomic E-state index is 0.130. The zero-order chi connectivity index (χ0) is 8.69. The van der Waals surface area contributed by atoms with Crippen LogP contribution in [0.5, 0.6) is 0 Å². The Morgan fingerprint density at radius 1 is 1.82 bits per heavy atom. The van der Waals surface area contributed by atoms with E-state index in [-0.39, 0.29) is 13.1 Å². The third kappa shape index (κ3) is 3.99. The molecule has 0 rings (SSSR count). The fourth-order valence-corrected chi connectivity index (χ4v) is 0.560. The van der Waals surface area contributed by atoms with E-state index in [1.807, 2.05) is 0 Å². The predicted molar refractivity (Wildman–Crippen MR) is 38.3 cm³/mol. The van der Waals surface area contributed by atoms with Crippen molar-refractivity contribution >= 4 is 0 Å². The molecule has 7 heteroatoms. The number of nitrogens with zero attached hydrogens (tertiary/aromatic N) is 5. The first-order chi connectivity index (χ1) is 5.22. The summed E-state index contributed by atoms with van der Waals surface area (Å²) >= 11 is 0. The Labute approximate surface area is 63.4 Å². The van der Waals surface area contributed by atoms with Gasteiger partial charge in [0.05, 0.1) is 13.1 Å². The summed E-state index contributed by atoms with van der Waals surface area (Å²) in [6, 6.07) is 0. The number of nitro groups is 1. The molecule has 0 aromatic carbocycles. The molecule has 7 nitrogen and oxygen atoms in total. The van der Waals surface area contributed by atoms with Crippen LogP contribution in [0.25, 0.3) is 10.4 Å². The second-order valence-electron chi connectivity index (χ2n) is 1.74. The van der Waals surface area contributed by atoms with E-state index < -0.39 is 5.03 Å². The van der Waals surface area contributed by atoms with E-state index in [1.54, 1.807) is 6.92 Å². The second-order valence-corrected chi connectivity index (χ2v) is 1.74. The average molecular weight is 159 g/mol. The van der Waals surface area contributed by atoms with Gasteiger partial charge in [0.25, 0.3) is 0 Å². The zero-order valence-corrected chi connectivity index (χ0v) is 6.17. The van der Waals surface area contributed by atoms with Gasteiger partial charge in [-0.1, -0.05) is 5.11 Å². The highest BCUT2D eigenvalue weighted by Gasteiger charge is 2.08. The Balaban J connectivity index is 3.69. The maximum Gasteiger partial charge on any atom is 0.160 e. The summed E-state index contributed by atoms with van der Waals surface area (Å²) in [4.78, 5) is 12.6. The van der Waals surface area contributed by atoms with Crippen molar-refractivity contribution in [1.82, 2.24) is 5.01 Å². The lowest BCUT2D eigenvalue weighted by Gasteiger charge is -2.08.